The van der Waals surface area contributed by atoms with Crippen LogP contribution in [0.25, 0.3) is 0 Å². The van der Waals surface area contributed by atoms with Crippen molar-refractivity contribution in [2.45, 2.75) is 38.3 Å². The van der Waals surface area contributed by atoms with Crippen molar-refractivity contribution < 1.29 is 14.7 Å². The molecule has 1 unspecified atom stereocenters. The van der Waals surface area contributed by atoms with Gasteiger partial charge in [-0.15, -0.1) is 0 Å². The summed E-state index contributed by atoms with van der Waals surface area (Å²) in [4.78, 5) is 41.0. The molecule has 152 valence electrons. The van der Waals surface area contributed by atoms with Crippen LogP contribution in [-0.2, 0) is 23.3 Å². The average molecular weight is 398 g/mol. The Hall–Kier alpha value is -3.69. The number of rotatable bonds is 6. The van der Waals surface area contributed by atoms with E-state index in [1.807, 2.05) is 5.32 Å². The number of hydrogen-bond acceptors (Lipinski definition) is 5. The molecule has 10 heteroatoms. The number of carbonyl (C=O) groups excluding carboxylic acids is 1. The lowest BCUT2D eigenvalue weighted by Gasteiger charge is -2.29. The van der Waals surface area contributed by atoms with Gasteiger partial charge in [-0.3, -0.25) is 24.9 Å². The first kappa shape index (κ1) is 20.1. The first-order chi connectivity index (χ1) is 13.8. The number of fused-ring (bicyclic) bond motifs is 1. The predicted octanol–water partition coefficient (Wildman–Crippen LogP) is 0.985. The number of nitrogens with two attached hydrogens (primary N) is 1. The molecule has 6 N–H and O–H groups in total. The summed E-state index contributed by atoms with van der Waals surface area (Å²) in [5, 5.41) is 21.2. The Balaban J connectivity index is 1.86. The van der Waals surface area contributed by atoms with Crippen molar-refractivity contribution in [1.82, 2.24) is 14.9 Å². The number of aromatic nitrogens is 2. The normalized spacial score (nSPS) is 17.4. The zero-order chi connectivity index (χ0) is 21.2. The van der Waals surface area contributed by atoms with Crippen molar-refractivity contribution in [3.05, 3.63) is 57.8 Å². The summed E-state index contributed by atoms with van der Waals surface area (Å²) < 4.78 is 1.31. The van der Waals surface area contributed by atoms with Crippen LogP contribution in [0.1, 0.15) is 36.7 Å². The molecule has 0 spiro atoms. The largest absolute Gasteiger partial charge is 0.465 e. The van der Waals surface area contributed by atoms with Gasteiger partial charge in [-0.05, 0) is 18.4 Å². The Morgan fingerprint density at radius 2 is 2.03 bits per heavy atom. The maximum absolute atomic E-state index is 13.1. The van der Waals surface area contributed by atoms with Crippen LogP contribution in [0.2, 0.25) is 0 Å². The minimum atomic E-state index is -1.37. The predicted molar refractivity (Wildman–Crippen MR) is 106 cm³/mol. The van der Waals surface area contributed by atoms with E-state index in [0.717, 1.165) is 5.56 Å². The van der Waals surface area contributed by atoms with Crippen LogP contribution >= 0.6 is 0 Å². The highest BCUT2D eigenvalue weighted by atomic mass is 16.4. The van der Waals surface area contributed by atoms with Crippen LogP contribution in [-0.4, -0.2) is 32.5 Å². The summed E-state index contributed by atoms with van der Waals surface area (Å²) in [5.41, 5.74) is 4.95. The lowest BCUT2D eigenvalue weighted by molar-refractivity contribution is -0.130. The number of nitrogens with one attached hydrogen (secondary N) is 3. The molecule has 1 aromatic heterocycles. The van der Waals surface area contributed by atoms with Crippen LogP contribution in [0.3, 0.4) is 0 Å². The Morgan fingerprint density at radius 1 is 1.34 bits per heavy atom. The summed E-state index contributed by atoms with van der Waals surface area (Å²) in [6.45, 7) is 2.05. The van der Waals surface area contributed by atoms with Crippen LogP contribution in [0.4, 0.5) is 10.5 Å². The van der Waals surface area contributed by atoms with Gasteiger partial charge in [-0.2, -0.15) is 0 Å². The second-order valence-electron chi connectivity index (χ2n) is 6.84. The van der Waals surface area contributed by atoms with Crippen molar-refractivity contribution in [3.63, 3.8) is 0 Å². The van der Waals surface area contributed by atoms with Gasteiger partial charge in [0.25, 0.3) is 5.56 Å². The molecule has 1 atom stereocenters. The summed E-state index contributed by atoms with van der Waals surface area (Å²) in [6, 6.07) is 6.92. The molecule has 2 heterocycles. The van der Waals surface area contributed by atoms with Crippen molar-refractivity contribution in [3.8, 4) is 0 Å². The number of carboxylic acid groups (broad SMARTS) is 1. The highest BCUT2D eigenvalue weighted by Crippen LogP contribution is 2.33. The van der Waals surface area contributed by atoms with Crippen molar-refractivity contribution >= 4 is 23.5 Å². The second-order valence-corrected chi connectivity index (χ2v) is 6.84. The van der Waals surface area contributed by atoms with Gasteiger partial charge in [-0.25, -0.2) is 9.78 Å². The van der Waals surface area contributed by atoms with E-state index in [9.17, 15) is 14.4 Å². The molecule has 3 rings (SSSR count). The molecule has 0 saturated heterocycles. The van der Waals surface area contributed by atoms with Crippen LogP contribution < -0.4 is 21.9 Å². The lowest BCUT2D eigenvalue weighted by Crippen LogP contribution is -2.50. The van der Waals surface area contributed by atoms with Crippen LogP contribution in [0.5, 0.6) is 0 Å². The quantitative estimate of drug-likeness (QED) is 0.360. The molecule has 0 fully saturated rings. The third kappa shape index (κ3) is 3.68. The van der Waals surface area contributed by atoms with E-state index in [-0.39, 0.29) is 24.0 Å². The van der Waals surface area contributed by atoms with Gasteiger partial charge in [0.2, 0.25) is 5.91 Å². The topological polar surface area (TPSA) is 163 Å². The molecule has 0 bridgehead atoms. The second kappa shape index (κ2) is 7.74. The van der Waals surface area contributed by atoms with E-state index >= 15 is 0 Å². The molecule has 0 saturated carbocycles. The Bertz CT molecular complexity index is 1030. The molecular weight excluding hydrogens is 376 g/mol. The van der Waals surface area contributed by atoms with Gasteiger partial charge in [0.15, 0.2) is 0 Å². The van der Waals surface area contributed by atoms with Crippen LogP contribution in [0, 0.1) is 5.41 Å². The fraction of sp³-hybridized carbons (Fsp3) is 0.316. The summed E-state index contributed by atoms with van der Waals surface area (Å²) >= 11 is 0. The zero-order valence-corrected chi connectivity index (χ0v) is 15.9. The van der Waals surface area contributed by atoms with Gasteiger partial charge in [0, 0.05) is 18.5 Å². The minimum absolute atomic E-state index is 0.0364. The number of amidine groups is 1. The van der Waals surface area contributed by atoms with Gasteiger partial charge < -0.3 is 16.2 Å². The fourth-order valence-electron chi connectivity index (χ4n) is 3.60. The molecule has 10 nitrogen and oxygen atoms in total. The summed E-state index contributed by atoms with van der Waals surface area (Å²) in [6.07, 6.45) is 1.01. The lowest BCUT2D eigenvalue weighted by atomic mass is 9.92. The molecule has 0 radical (unpaired) electrons. The van der Waals surface area contributed by atoms with E-state index < -0.39 is 17.2 Å². The molecule has 2 amide bonds. The standard InChI is InChI=1S/C19H22N6O4/c1-2-19(17(27)23-9-11-3-5-12(6-4-11)15(20)21)8-7-14-22-10-13(24-18(28)29)16(26)25(14)19/h3-6,10,24H,2,7-9H2,1H3,(H3,20,21)(H,23,27)(H,28,29). The van der Waals surface area contributed by atoms with E-state index in [4.69, 9.17) is 16.2 Å². The van der Waals surface area contributed by atoms with E-state index in [1.54, 1.807) is 31.2 Å². The minimum Gasteiger partial charge on any atom is -0.465 e. The number of nitrogen functional groups attached to an aromatic ring is 1. The zero-order valence-electron chi connectivity index (χ0n) is 15.9. The fourth-order valence-corrected chi connectivity index (χ4v) is 3.60. The number of carbonyl (C=O) groups is 2. The number of anilines is 1. The maximum Gasteiger partial charge on any atom is 0.409 e. The molecule has 0 aliphatic carbocycles. The van der Waals surface area contributed by atoms with Gasteiger partial charge >= 0.3 is 6.09 Å². The number of benzene rings is 1. The molecule has 1 aromatic carbocycles. The molecular formula is C19H22N6O4. The first-order valence-electron chi connectivity index (χ1n) is 9.11. The molecule has 29 heavy (non-hydrogen) atoms. The molecule has 2 aromatic rings. The van der Waals surface area contributed by atoms with Gasteiger partial charge in [0.1, 0.15) is 22.9 Å². The van der Waals surface area contributed by atoms with Crippen molar-refractivity contribution in [2.75, 3.05) is 5.32 Å². The van der Waals surface area contributed by atoms with Gasteiger partial charge in [0.05, 0.1) is 6.20 Å². The Morgan fingerprint density at radius 3 is 2.62 bits per heavy atom. The average Bonchev–Trinajstić information content (AvgIpc) is 3.09. The van der Waals surface area contributed by atoms with E-state index in [0.29, 0.717) is 30.7 Å². The SMILES string of the molecule is CCC1(C(=O)NCc2ccc(C(=N)N)cc2)CCc2ncc(NC(=O)O)c(=O)n21. The number of amides is 2. The molecule has 1 aliphatic heterocycles. The maximum atomic E-state index is 13.1. The number of aryl methyl sites for hydroxylation is 1. The number of hydrogen-bond donors (Lipinski definition) is 5. The van der Waals surface area contributed by atoms with E-state index in [2.05, 4.69) is 10.3 Å². The van der Waals surface area contributed by atoms with E-state index in [1.165, 1.54) is 10.8 Å². The third-order valence-electron chi connectivity index (χ3n) is 5.19. The Kier molecular flexibility index (Phi) is 5.35. The highest BCUT2D eigenvalue weighted by molar-refractivity contribution is 5.94. The van der Waals surface area contributed by atoms with Crippen molar-refractivity contribution in [1.29, 1.82) is 5.41 Å². The van der Waals surface area contributed by atoms with Crippen LogP contribution in [0.15, 0.2) is 35.3 Å². The monoisotopic (exact) mass is 398 g/mol. The Labute approximate surface area is 166 Å². The van der Waals surface area contributed by atoms with Crippen molar-refractivity contribution in [2.24, 2.45) is 5.73 Å². The summed E-state index contributed by atoms with van der Waals surface area (Å²) in [7, 11) is 0. The molecule has 1 aliphatic rings. The number of nitrogens with zero attached hydrogens (tertiary/aromatic N) is 2. The smallest absolute Gasteiger partial charge is 0.409 e. The van der Waals surface area contributed by atoms with Gasteiger partial charge in [-0.1, -0.05) is 31.2 Å². The first-order valence-corrected chi connectivity index (χ1v) is 9.11. The third-order valence-corrected chi connectivity index (χ3v) is 5.19. The highest BCUT2D eigenvalue weighted by Gasteiger charge is 2.45. The summed E-state index contributed by atoms with van der Waals surface area (Å²) in [5.74, 6) is 0.0882.